The third-order valence-corrected chi connectivity index (χ3v) is 5.15. The van der Waals surface area contributed by atoms with Crippen LogP contribution >= 0.6 is 0 Å². The number of hydrogen-bond donors (Lipinski definition) is 0. The Morgan fingerprint density at radius 2 is 1.69 bits per heavy atom. The van der Waals surface area contributed by atoms with Crippen LogP contribution in [0.3, 0.4) is 0 Å². The zero-order chi connectivity index (χ0) is 20.1. The molecule has 2 aromatic carbocycles. The first-order chi connectivity index (χ1) is 14.2. The highest BCUT2D eigenvalue weighted by molar-refractivity contribution is 5.77. The van der Waals surface area contributed by atoms with Crippen molar-refractivity contribution in [3.05, 3.63) is 66.6 Å². The van der Waals surface area contributed by atoms with E-state index in [-0.39, 0.29) is 18.6 Å². The average Bonchev–Trinajstić information content (AvgIpc) is 3.29. The van der Waals surface area contributed by atoms with Crippen LogP contribution in [0, 0.1) is 0 Å². The molecule has 1 aromatic heterocycles. The number of aromatic nitrogens is 2. The molecule has 1 aliphatic heterocycles. The zero-order valence-electron chi connectivity index (χ0n) is 16.4. The van der Waals surface area contributed by atoms with E-state index in [9.17, 15) is 4.79 Å². The summed E-state index contributed by atoms with van der Waals surface area (Å²) in [6.45, 7) is 4.92. The molecule has 0 bridgehead atoms. The van der Waals surface area contributed by atoms with Crippen molar-refractivity contribution in [1.82, 2.24) is 19.9 Å². The Balaban J connectivity index is 1.29. The summed E-state index contributed by atoms with van der Waals surface area (Å²) in [7, 11) is 0. The number of benzene rings is 2. The maximum Gasteiger partial charge on any atom is 0.260 e. The van der Waals surface area contributed by atoms with Gasteiger partial charge in [-0.3, -0.25) is 9.69 Å². The fraction of sp³-hybridized carbons (Fsp3) is 0.318. The molecule has 0 aliphatic carbocycles. The van der Waals surface area contributed by atoms with Crippen molar-refractivity contribution in [2.24, 2.45) is 0 Å². The van der Waals surface area contributed by atoms with E-state index in [1.54, 1.807) is 0 Å². The van der Waals surface area contributed by atoms with E-state index in [1.165, 1.54) is 0 Å². The van der Waals surface area contributed by atoms with Gasteiger partial charge in [0, 0.05) is 31.7 Å². The molecule has 1 unspecified atom stereocenters. The number of para-hydroxylation sites is 1. The highest BCUT2D eigenvalue weighted by Crippen LogP contribution is 2.23. The maximum atomic E-state index is 12.4. The lowest BCUT2D eigenvalue weighted by molar-refractivity contribution is -0.135. The monoisotopic (exact) mass is 392 g/mol. The Labute approximate surface area is 169 Å². The Kier molecular flexibility index (Phi) is 5.86. The number of piperazine rings is 1. The van der Waals surface area contributed by atoms with Crippen molar-refractivity contribution < 1.29 is 14.1 Å². The number of hydrogen-bond acceptors (Lipinski definition) is 6. The van der Waals surface area contributed by atoms with Crippen LogP contribution in [-0.4, -0.2) is 58.6 Å². The minimum absolute atomic E-state index is 0.00205. The van der Waals surface area contributed by atoms with Gasteiger partial charge in [-0.1, -0.05) is 53.7 Å². The Morgan fingerprint density at radius 3 is 2.38 bits per heavy atom. The molecule has 3 aromatic rings. The van der Waals surface area contributed by atoms with Gasteiger partial charge in [0.2, 0.25) is 11.7 Å². The van der Waals surface area contributed by atoms with Gasteiger partial charge in [-0.25, -0.2) is 0 Å². The van der Waals surface area contributed by atoms with Crippen LogP contribution in [0.1, 0.15) is 18.9 Å². The number of ether oxygens (including phenoxy) is 1. The van der Waals surface area contributed by atoms with Gasteiger partial charge in [-0.05, 0) is 19.1 Å². The van der Waals surface area contributed by atoms with E-state index in [4.69, 9.17) is 9.26 Å². The van der Waals surface area contributed by atoms with Crippen molar-refractivity contribution in [3.63, 3.8) is 0 Å². The van der Waals surface area contributed by atoms with Crippen molar-refractivity contribution >= 4 is 5.91 Å². The Bertz CT molecular complexity index is 922. The van der Waals surface area contributed by atoms with Gasteiger partial charge in [0.25, 0.3) is 5.91 Å². The second-order valence-corrected chi connectivity index (χ2v) is 7.02. The largest absolute Gasteiger partial charge is 0.484 e. The molecule has 29 heavy (non-hydrogen) atoms. The summed E-state index contributed by atoms with van der Waals surface area (Å²) in [4.78, 5) is 21.1. The summed E-state index contributed by atoms with van der Waals surface area (Å²) in [6, 6.07) is 19.2. The van der Waals surface area contributed by atoms with Gasteiger partial charge in [0.1, 0.15) is 5.75 Å². The number of nitrogens with zero attached hydrogens (tertiary/aromatic N) is 4. The highest BCUT2D eigenvalue weighted by atomic mass is 16.5. The molecule has 1 atom stereocenters. The Morgan fingerprint density at radius 1 is 1.03 bits per heavy atom. The van der Waals surface area contributed by atoms with E-state index in [1.807, 2.05) is 65.6 Å². The van der Waals surface area contributed by atoms with Crippen LogP contribution in [0.5, 0.6) is 5.75 Å². The van der Waals surface area contributed by atoms with E-state index < -0.39 is 0 Å². The van der Waals surface area contributed by atoms with Crippen LogP contribution in [-0.2, 0) is 4.79 Å². The minimum atomic E-state index is -0.00205. The first-order valence-electron chi connectivity index (χ1n) is 9.79. The first kappa shape index (κ1) is 19.1. The van der Waals surface area contributed by atoms with E-state index in [0.717, 1.165) is 18.7 Å². The average molecular weight is 392 g/mol. The molecule has 7 heteroatoms. The lowest BCUT2D eigenvalue weighted by atomic mass is 10.2. The van der Waals surface area contributed by atoms with Gasteiger partial charge in [0.05, 0.1) is 6.04 Å². The first-order valence-corrected chi connectivity index (χ1v) is 9.79. The van der Waals surface area contributed by atoms with Crippen LogP contribution < -0.4 is 4.74 Å². The summed E-state index contributed by atoms with van der Waals surface area (Å²) < 4.78 is 11.1. The van der Waals surface area contributed by atoms with Gasteiger partial charge in [-0.2, -0.15) is 4.98 Å². The smallest absolute Gasteiger partial charge is 0.260 e. The summed E-state index contributed by atoms with van der Waals surface area (Å²) in [5.74, 6) is 1.90. The molecule has 0 N–H and O–H groups in total. The summed E-state index contributed by atoms with van der Waals surface area (Å²) >= 11 is 0. The molecular weight excluding hydrogens is 368 g/mol. The normalized spacial score (nSPS) is 15.8. The van der Waals surface area contributed by atoms with E-state index in [2.05, 4.69) is 22.0 Å². The quantitative estimate of drug-likeness (QED) is 0.642. The SMILES string of the molecule is CC(c1nc(-c2ccccc2)no1)N1CCN(C(=O)COc2ccccc2)CC1. The number of carbonyl (C=O) groups is 1. The number of carbonyl (C=O) groups excluding carboxylic acids is 1. The lowest BCUT2D eigenvalue weighted by Crippen LogP contribution is -2.50. The molecule has 0 spiro atoms. The predicted molar refractivity (Wildman–Crippen MR) is 108 cm³/mol. The van der Waals surface area contributed by atoms with Crippen LogP contribution in [0.15, 0.2) is 65.2 Å². The molecule has 1 fully saturated rings. The molecular formula is C22H24N4O3. The van der Waals surface area contributed by atoms with Gasteiger partial charge >= 0.3 is 0 Å². The van der Waals surface area contributed by atoms with Gasteiger partial charge < -0.3 is 14.2 Å². The summed E-state index contributed by atoms with van der Waals surface area (Å²) in [5.41, 5.74) is 0.934. The second-order valence-electron chi connectivity index (χ2n) is 7.02. The standard InChI is InChI=1S/C22H24N4O3/c1-17(22-23-21(24-29-22)18-8-4-2-5-9-18)25-12-14-26(15-13-25)20(27)16-28-19-10-6-3-7-11-19/h2-11,17H,12-16H2,1H3. The third kappa shape index (κ3) is 4.63. The maximum absolute atomic E-state index is 12.4. The van der Waals surface area contributed by atoms with Crippen LogP contribution in [0.4, 0.5) is 0 Å². The van der Waals surface area contributed by atoms with Crippen molar-refractivity contribution in [1.29, 1.82) is 0 Å². The van der Waals surface area contributed by atoms with Gasteiger partial charge in [-0.15, -0.1) is 0 Å². The summed E-state index contributed by atoms with van der Waals surface area (Å²) in [5, 5.41) is 4.10. The fourth-order valence-corrected chi connectivity index (χ4v) is 3.38. The molecule has 0 radical (unpaired) electrons. The molecule has 2 heterocycles. The topological polar surface area (TPSA) is 71.7 Å². The zero-order valence-corrected chi connectivity index (χ0v) is 16.4. The van der Waals surface area contributed by atoms with E-state index >= 15 is 0 Å². The molecule has 1 saturated heterocycles. The molecule has 1 amide bonds. The highest BCUT2D eigenvalue weighted by Gasteiger charge is 2.27. The van der Waals surface area contributed by atoms with Gasteiger partial charge in [0.15, 0.2) is 6.61 Å². The molecule has 150 valence electrons. The summed E-state index contributed by atoms with van der Waals surface area (Å²) in [6.07, 6.45) is 0. The molecule has 7 nitrogen and oxygen atoms in total. The third-order valence-electron chi connectivity index (χ3n) is 5.15. The number of amides is 1. The molecule has 0 saturated carbocycles. The Hall–Kier alpha value is -3.19. The van der Waals surface area contributed by atoms with E-state index in [0.29, 0.717) is 30.6 Å². The molecule has 1 aliphatic rings. The van der Waals surface area contributed by atoms with Crippen molar-refractivity contribution in [2.75, 3.05) is 32.8 Å². The second kappa shape index (κ2) is 8.87. The van der Waals surface area contributed by atoms with Crippen LogP contribution in [0.2, 0.25) is 0 Å². The molecule has 4 rings (SSSR count). The van der Waals surface area contributed by atoms with Crippen LogP contribution in [0.25, 0.3) is 11.4 Å². The fourth-order valence-electron chi connectivity index (χ4n) is 3.38. The predicted octanol–water partition coefficient (Wildman–Crippen LogP) is 3.02. The lowest BCUT2D eigenvalue weighted by Gasteiger charge is -2.36. The number of rotatable bonds is 6. The van der Waals surface area contributed by atoms with Crippen molar-refractivity contribution in [3.8, 4) is 17.1 Å². The minimum Gasteiger partial charge on any atom is -0.484 e. The van der Waals surface area contributed by atoms with Crippen molar-refractivity contribution in [2.45, 2.75) is 13.0 Å².